The summed E-state index contributed by atoms with van der Waals surface area (Å²) in [7, 11) is 1.61. The predicted octanol–water partition coefficient (Wildman–Crippen LogP) is 5.62. The van der Waals surface area contributed by atoms with Gasteiger partial charge in [-0.2, -0.15) is 0 Å². The van der Waals surface area contributed by atoms with Crippen molar-refractivity contribution in [3.05, 3.63) is 89.2 Å². The summed E-state index contributed by atoms with van der Waals surface area (Å²) in [6.07, 6.45) is 0.820. The molecular formula is C28H31N3O3. The third-order valence-corrected chi connectivity index (χ3v) is 5.95. The van der Waals surface area contributed by atoms with E-state index in [-0.39, 0.29) is 11.9 Å². The van der Waals surface area contributed by atoms with E-state index >= 15 is 0 Å². The van der Waals surface area contributed by atoms with E-state index in [1.165, 1.54) is 0 Å². The van der Waals surface area contributed by atoms with Gasteiger partial charge in [-0.1, -0.05) is 30.3 Å². The van der Waals surface area contributed by atoms with Gasteiger partial charge >= 0.3 is 0 Å². The topological polar surface area (TPSA) is 65.4 Å². The number of para-hydroxylation sites is 3. The number of hydrogen-bond acceptors (Lipinski definition) is 4. The van der Waals surface area contributed by atoms with Gasteiger partial charge in [-0.05, 0) is 74.7 Å². The number of aromatic nitrogens is 2. The van der Waals surface area contributed by atoms with E-state index in [4.69, 9.17) is 14.5 Å². The number of fused-ring (bicyclic) bond motifs is 1. The van der Waals surface area contributed by atoms with Crippen LogP contribution in [0.1, 0.15) is 46.7 Å². The molecule has 34 heavy (non-hydrogen) atoms. The highest BCUT2D eigenvalue weighted by atomic mass is 16.5. The van der Waals surface area contributed by atoms with E-state index in [1.54, 1.807) is 31.4 Å². The van der Waals surface area contributed by atoms with Gasteiger partial charge in [-0.25, -0.2) is 4.98 Å². The molecule has 0 aliphatic carbocycles. The third-order valence-electron chi connectivity index (χ3n) is 5.95. The molecule has 0 saturated heterocycles. The lowest BCUT2D eigenvalue weighted by Gasteiger charge is -2.17. The molecule has 3 aromatic carbocycles. The molecule has 0 radical (unpaired) electrons. The maximum Gasteiger partial charge on any atom is 0.251 e. The molecule has 1 aromatic heterocycles. The smallest absolute Gasteiger partial charge is 0.251 e. The van der Waals surface area contributed by atoms with Crippen molar-refractivity contribution in [1.29, 1.82) is 0 Å². The Morgan fingerprint density at radius 3 is 2.41 bits per heavy atom. The number of methoxy groups -OCH3 is 1. The predicted molar refractivity (Wildman–Crippen MR) is 135 cm³/mol. The monoisotopic (exact) mass is 457 g/mol. The molecule has 176 valence electrons. The molecule has 4 rings (SSSR count). The summed E-state index contributed by atoms with van der Waals surface area (Å²) in [6, 6.07) is 21.1. The molecule has 1 unspecified atom stereocenters. The minimum Gasteiger partial charge on any atom is -0.497 e. The number of ether oxygens (including phenoxy) is 2. The van der Waals surface area contributed by atoms with Crippen molar-refractivity contribution in [3.8, 4) is 11.5 Å². The van der Waals surface area contributed by atoms with Gasteiger partial charge in [0, 0.05) is 12.1 Å². The van der Waals surface area contributed by atoms with Crippen LogP contribution in [0.15, 0.2) is 66.7 Å². The van der Waals surface area contributed by atoms with Crippen molar-refractivity contribution in [2.24, 2.45) is 0 Å². The lowest BCUT2D eigenvalue weighted by Crippen LogP contribution is -2.28. The van der Waals surface area contributed by atoms with Gasteiger partial charge in [0.15, 0.2) is 0 Å². The number of carbonyl (C=O) groups is 1. The van der Waals surface area contributed by atoms with Crippen molar-refractivity contribution in [3.63, 3.8) is 0 Å². The summed E-state index contributed by atoms with van der Waals surface area (Å²) in [6.45, 7) is 7.44. The fourth-order valence-corrected chi connectivity index (χ4v) is 4.17. The number of imidazole rings is 1. The highest BCUT2D eigenvalue weighted by molar-refractivity contribution is 5.94. The number of nitrogens with one attached hydrogen (secondary N) is 1. The molecule has 0 bridgehead atoms. The first kappa shape index (κ1) is 23.4. The first-order valence-corrected chi connectivity index (χ1v) is 11.6. The van der Waals surface area contributed by atoms with Crippen molar-refractivity contribution in [2.45, 2.75) is 39.8 Å². The standard InChI is InChI=1S/C28H31N3O3/c1-19-9-7-10-20(2)26(19)34-18-8-17-31-25-12-6-5-11-24(25)30-27(31)21(3)29-28(32)22-13-15-23(33-4)16-14-22/h5-7,9-16,21H,8,17-18H2,1-4H3,(H,29,32). The van der Waals surface area contributed by atoms with Crippen LogP contribution in [0.3, 0.4) is 0 Å². The molecule has 1 N–H and O–H groups in total. The summed E-state index contributed by atoms with van der Waals surface area (Å²) < 4.78 is 13.5. The minimum absolute atomic E-state index is 0.146. The van der Waals surface area contributed by atoms with Gasteiger partial charge in [0.1, 0.15) is 17.3 Å². The Bertz CT molecular complexity index is 1260. The molecule has 4 aromatic rings. The summed E-state index contributed by atoms with van der Waals surface area (Å²) in [4.78, 5) is 17.7. The summed E-state index contributed by atoms with van der Waals surface area (Å²) in [5, 5.41) is 3.09. The lowest BCUT2D eigenvalue weighted by atomic mass is 10.1. The van der Waals surface area contributed by atoms with E-state index in [0.29, 0.717) is 12.2 Å². The molecule has 0 aliphatic heterocycles. The normalized spacial score (nSPS) is 11.9. The van der Waals surface area contributed by atoms with Crippen LogP contribution in [0.5, 0.6) is 11.5 Å². The zero-order valence-corrected chi connectivity index (χ0v) is 20.2. The zero-order chi connectivity index (χ0) is 24.1. The van der Waals surface area contributed by atoms with Crippen LogP contribution < -0.4 is 14.8 Å². The number of rotatable bonds is 9. The van der Waals surface area contributed by atoms with E-state index in [2.05, 4.69) is 41.9 Å². The second-order valence-corrected chi connectivity index (χ2v) is 8.46. The number of carbonyl (C=O) groups excluding carboxylic acids is 1. The zero-order valence-electron chi connectivity index (χ0n) is 20.2. The largest absolute Gasteiger partial charge is 0.497 e. The third kappa shape index (κ3) is 5.06. The van der Waals surface area contributed by atoms with E-state index < -0.39 is 0 Å². The first-order valence-electron chi connectivity index (χ1n) is 11.6. The fraction of sp³-hybridized carbons (Fsp3) is 0.286. The van der Waals surface area contributed by atoms with Gasteiger partial charge in [-0.3, -0.25) is 4.79 Å². The summed E-state index contributed by atoms with van der Waals surface area (Å²) in [5.74, 6) is 2.36. The number of benzene rings is 3. The van der Waals surface area contributed by atoms with Crippen LogP contribution in [0.25, 0.3) is 11.0 Å². The van der Waals surface area contributed by atoms with Crippen molar-refractivity contribution >= 4 is 16.9 Å². The maximum atomic E-state index is 12.8. The van der Waals surface area contributed by atoms with Gasteiger partial charge < -0.3 is 19.4 Å². The molecule has 1 atom stereocenters. The van der Waals surface area contributed by atoms with Crippen LogP contribution in [-0.2, 0) is 6.54 Å². The molecule has 1 heterocycles. The number of aryl methyl sites for hydroxylation is 3. The molecule has 0 fully saturated rings. The first-order chi connectivity index (χ1) is 16.5. The lowest BCUT2D eigenvalue weighted by molar-refractivity contribution is 0.0937. The number of hydrogen-bond donors (Lipinski definition) is 1. The molecule has 0 saturated carbocycles. The van der Waals surface area contributed by atoms with Crippen LogP contribution in [0, 0.1) is 13.8 Å². The Kier molecular flexibility index (Phi) is 7.16. The summed E-state index contributed by atoms with van der Waals surface area (Å²) >= 11 is 0. The SMILES string of the molecule is COc1ccc(C(=O)NC(C)c2nc3ccccc3n2CCCOc2c(C)cccc2C)cc1. The average molecular weight is 458 g/mol. The Morgan fingerprint density at radius 2 is 1.71 bits per heavy atom. The van der Waals surface area contributed by atoms with Gasteiger partial charge in [0.25, 0.3) is 5.91 Å². The molecule has 6 nitrogen and oxygen atoms in total. The van der Waals surface area contributed by atoms with Gasteiger partial charge in [-0.15, -0.1) is 0 Å². The molecule has 0 aliphatic rings. The van der Waals surface area contributed by atoms with Crippen LogP contribution in [-0.4, -0.2) is 29.2 Å². The van der Waals surface area contributed by atoms with Gasteiger partial charge in [0.05, 0.1) is 30.8 Å². The Labute approximate surface area is 200 Å². The highest BCUT2D eigenvalue weighted by Crippen LogP contribution is 2.24. The second kappa shape index (κ2) is 10.4. The van der Waals surface area contributed by atoms with E-state index in [1.807, 2.05) is 31.2 Å². The van der Waals surface area contributed by atoms with Crippen LogP contribution >= 0.6 is 0 Å². The van der Waals surface area contributed by atoms with Crippen LogP contribution in [0.2, 0.25) is 0 Å². The quantitative estimate of drug-likeness (QED) is 0.331. The Hall–Kier alpha value is -3.80. The number of nitrogens with zero attached hydrogens (tertiary/aromatic N) is 2. The van der Waals surface area contributed by atoms with E-state index in [0.717, 1.165) is 52.4 Å². The van der Waals surface area contributed by atoms with Crippen molar-refractivity contribution in [2.75, 3.05) is 13.7 Å². The molecule has 6 heteroatoms. The summed E-state index contributed by atoms with van der Waals surface area (Å²) in [5.41, 5.74) is 4.83. The Balaban J connectivity index is 1.48. The number of amides is 1. The second-order valence-electron chi connectivity index (χ2n) is 8.46. The average Bonchev–Trinajstić information content (AvgIpc) is 3.22. The molecular weight excluding hydrogens is 426 g/mol. The van der Waals surface area contributed by atoms with Crippen molar-refractivity contribution in [1.82, 2.24) is 14.9 Å². The van der Waals surface area contributed by atoms with Gasteiger partial charge in [0.2, 0.25) is 0 Å². The highest BCUT2D eigenvalue weighted by Gasteiger charge is 2.19. The molecule has 0 spiro atoms. The maximum absolute atomic E-state index is 12.8. The molecule has 1 amide bonds. The minimum atomic E-state index is -0.262. The van der Waals surface area contributed by atoms with Crippen molar-refractivity contribution < 1.29 is 14.3 Å². The van der Waals surface area contributed by atoms with Crippen LogP contribution in [0.4, 0.5) is 0 Å². The fourth-order valence-electron chi connectivity index (χ4n) is 4.17. The Morgan fingerprint density at radius 1 is 1.00 bits per heavy atom. The van der Waals surface area contributed by atoms with E-state index in [9.17, 15) is 4.79 Å².